The van der Waals surface area contributed by atoms with Crippen LogP contribution in [0.1, 0.15) is 0 Å². The quantitative estimate of drug-likeness (QED) is 0.448. The van der Waals surface area contributed by atoms with Crippen LogP contribution in [-0.4, -0.2) is 11.8 Å². The maximum absolute atomic E-state index is 5.50. The third-order valence-electron chi connectivity index (χ3n) is 4.08. The molecule has 0 N–H and O–H groups in total. The van der Waals surface area contributed by atoms with Crippen molar-refractivity contribution in [2.75, 3.05) is 6.79 Å². The Hall–Kier alpha value is -2.81. The van der Waals surface area contributed by atoms with E-state index in [-0.39, 0.29) is 0 Å². The molecule has 0 aliphatic carbocycles. The molecule has 0 spiro atoms. The van der Waals surface area contributed by atoms with E-state index in [1.807, 2.05) is 30.5 Å². The van der Waals surface area contributed by atoms with Gasteiger partial charge in [-0.05, 0) is 34.4 Å². The van der Waals surface area contributed by atoms with Crippen LogP contribution in [-0.2, 0) is 0 Å². The predicted octanol–water partition coefficient (Wildman–Crippen LogP) is 4.27. The van der Waals surface area contributed by atoms with Crippen molar-refractivity contribution in [1.82, 2.24) is 4.98 Å². The topological polar surface area (TPSA) is 31.4 Å². The Balaban J connectivity index is 1.98. The average molecular weight is 273 g/mol. The first-order valence-electron chi connectivity index (χ1n) is 6.90. The van der Waals surface area contributed by atoms with E-state index in [0.29, 0.717) is 6.79 Å². The molecule has 0 unspecified atom stereocenters. The fraction of sp³-hybridized carbons (Fsp3) is 0.0556. The number of benzene rings is 3. The van der Waals surface area contributed by atoms with Crippen molar-refractivity contribution in [3.8, 4) is 11.5 Å². The van der Waals surface area contributed by atoms with Crippen LogP contribution in [0.2, 0.25) is 0 Å². The predicted molar refractivity (Wildman–Crippen MR) is 82.9 cm³/mol. The largest absolute Gasteiger partial charge is 0.454 e. The number of hydrogen-bond acceptors (Lipinski definition) is 3. The molecule has 1 aliphatic heterocycles. The number of ether oxygens (including phenoxy) is 2. The SMILES string of the molecule is c1ccc2c(c1)ncc1c3cc4c(cc3ccc21)OCO4. The van der Waals surface area contributed by atoms with Crippen molar-refractivity contribution in [2.45, 2.75) is 0 Å². The van der Waals surface area contributed by atoms with E-state index in [1.54, 1.807) is 0 Å². The molecule has 5 rings (SSSR count). The second-order valence-corrected chi connectivity index (χ2v) is 5.23. The van der Waals surface area contributed by atoms with Crippen LogP contribution in [0.4, 0.5) is 0 Å². The van der Waals surface area contributed by atoms with Gasteiger partial charge < -0.3 is 9.47 Å². The molecule has 21 heavy (non-hydrogen) atoms. The highest BCUT2D eigenvalue weighted by molar-refractivity contribution is 6.16. The van der Waals surface area contributed by atoms with Gasteiger partial charge in [-0.2, -0.15) is 0 Å². The molecule has 3 nitrogen and oxygen atoms in total. The lowest BCUT2D eigenvalue weighted by Gasteiger charge is -2.07. The van der Waals surface area contributed by atoms with Gasteiger partial charge in [0.05, 0.1) is 5.52 Å². The first kappa shape index (κ1) is 10.9. The lowest BCUT2D eigenvalue weighted by Crippen LogP contribution is -1.92. The summed E-state index contributed by atoms with van der Waals surface area (Å²) in [6.45, 7) is 0.296. The molecule has 0 atom stereocenters. The third kappa shape index (κ3) is 1.46. The maximum atomic E-state index is 5.50. The van der Waals surface area contributed by atoms with Crippen molar-refractivity contribution in [1.29, 1.82) is 0 Å². The van der Waals surface area contributed by atoms with E-state index in [0.717, 1.165) is 33.2 Å². The van der Waals surface area contributed by atoms with E-state index in [4.69, 9.17) is 9.47 Å². The first-order valence-corrected chi connectivity index (χ1v) is 6.90. The summed E-state index contributed by atoms with van der Waals surface area (Å²) in [7, 11) is 0. The van der Waals surface area contributed by atoms with Gasteiger partial charge >= 0.3 is 0 Å². The molecule has 0 saturated carbocycles. The summed E-state index contributed by atoms with van der Waals surface area (Å²) in [5.74, 6) is 1.62. The molecular formula is C18H11NO2. The number of hydrogen-bond donors (Lipinski definition) is 0. The Morgan fingerprint density at radius 2 is 1.62 bits per heavy atom. The molecular weight excluding hydrogens is 262 g/mol. The highest BCUT2D eigenvalue weighted by atomic mass is 16.7. The third-order valence-corrected chi connectivity index (χ3v) is 4.08. The second kappa shape index (κ2) is 3.85. The summed E-state index contributed by atoms with van der Waals surface area (Å²) in [6, 6.07) is 16.6. The van der Waals surface area contributed by atoms with Crippen LogP contribution in [0.3, 0.4) is 0 Å². The van der Waals surface area contributed by atoms with Gasteiger partial charge in [0.25, 0.3) is 0 Å². The van der Waals surface area contributed by atoms with Crippen molar-refractivity contribution in [3.05, 3.63) is 54.7 Å². The van der Waals surface area contributed by atoms with Crippen molar-refractivity contribution in [3.63, 3.8) is 0 Å². The Kier molecular flexibility index (Phi) is 2.00. The van der Waals surface area contributed by atoms with E-state index in [1.165, 1.54) is 10.8 Å². The van der Waals surface area contributed by atoms with E-state index < -0.39 is 0 Å². The van der Waals surface area contributed by atoms with Crippen LogP contribution >= 0.6 is 0 Å². The zero-order chi connectivity index (χ0) is 13.8. The minimum absolute atomic E-state index is 0.296. The van der Waals surface area contributed by atoms with E-state index in [2.05, 4.69) is 29.2 Å². The van der Waals surface area contributed by atoms with Gasteiger partial charge in [0, 0.05) is 17.0 Å². The summed E-state index contributed by atoms with van der Waals surface area (Å²) >= 11 is 0. The van der Waals surface area contributed by atoms with Crippen LogP contribution in [0.15, 0.2) is 54.7 Å². The van der Waals surface area contributed by atoms with Gasteiger partial charge in [-0.3, -0.25) is 4.98 Å². The molecule has 0 saturated heterocycles. The van der Waals surface area contributed by atoms with Gasteiger partial charge in [-0.25, -0.2) is 0 Å². The summed E-state index contributed by atoms with van der Waals surface area (Å²) < 4.78 is 11.0. The summed E-state index contributed by atoms with van der Waals surface area (Å²) in [6.07, 6.45) is 1.95. The van der Waals surface area contributed by atoms with Gasteiger partial charge in [0.1, 0.15) is 0 Å². The highest BCUT2D eigenvalue weighted by Gasteiger charge is 2.15. The normalized spacial score (nSPS) is 13.3. The molecule has 100 valence electrons. The average Bonchev–Trinajstić information content (AvgIpc) is 2.99. The lowest BCUT2D eigenvalue weighted by atomic mass is 10.00. The Morgan fingerprint density at radius 1 is 0.762 bits per heavy atom. The molecule has 2 heterocycles. The standard InChI is InChI=1S/C18H11NO2/c1-2-4-16-13(3-1)12-6-5-11-7-17-18(21-10-20-17)8-14(11)15(12)9-19-16/h1-9H,10H2. The van der Waals surface area contributed by atoms with E-state index >= 15 is 0 Å². The zero-order valence-electron chi connectivity index (χ0n) is 11.2. The maximum Gasteiger partial charge on any atom is 0.231 e. The molecule has 0 radical (unpaired) electrons. The second-order valence-electron chi connectivity index (χ2n) is 5.23. The minimum Gasteiger partial charge on any atom is -0.454 e. The number of nitrogens with zero attached hydrogens (tertiary/aromatic N) is 1. The molecule has 0 fully saturated rings. The Labute approximate surface area is 120 Å². The number of pyridine rings is 1. The Bertz CT molecular complexity index is 1020. The van der Waals surface area contributed by atoms with Crippen LogP contribution < -0.4 is 9.47 Å². The summed E-state index contributed by atoms with van der Waals surface area (Å²) in [5, 5.41) is 5.82. The molecule has 3 heteroatoms. The molecule has 1 aromatic heterocycles. The number of rotatable bonds is 0. The molecule has 0 bridgehead atoms. The fourth-order valence-electron chi connectivity index (χ4n) is 3.06. The monoisotopic (exact) mass is 273 g/mol. The van der Waals surface area contributed by atoms with Crippen molar-refractivity contribution < 1.29 is 9.47 Å². The molecule has 0 amide bonds. The molecule has 4 aromatic rings. The first-order chi connectivity index (χ1) is 10.4. The zero-order valence-corrected chi connectivity index (χ0v) is 11.2. The van der Waals surface area contributed by atoms with Crippen LogP contribution in [0.25, 0.3) is 32.4 Å². The molecule has 3 aromatic carbocycles. The smallest absolute Gasteiger partial charge is 0.231 e. The summed E-state index contributed by atoms with van der Waals surface area (Å²) in [5.41, 5.74) is 1.02. The molecule has 1 aliphatic rings. The van der Waals surface area contributed by atoms with Crippen molar-refractivity contribution in [2.24, 2.45) is 0 Å². The van der Waals surface area contributed by atoms with Gasteiger partial charge in [0.15, 0.2) is 11.5 Å². The van der Waals surface area contributed by atoms with Crippen molar-refractivity contribution >= 4 is 32.4 Å². The van der Waals surface area contributed by atoms with Gasteiger partial charge in [-0.1, -0.05) is 30.3 Å². The van der Waals surface area contributed by atoms with E-state index in [9.17, 15) is 0 Å². The highest BCUT2D eigenvalue weighted by Crippen LogP contribution is 2.39. The number of fused-ring (bicyclic) bond motifs is 6. The van der Waals surface area contributed by atoms with Crippen LogP contribution in [0, 0.1) is 0 Å². The summed E-state index contributed by atoms with van der Waals surface area (Å²) in [4.78, 5) is 4.58. The number of para-hydroxylation sites is 1. The van der Waals surface area contributed by atoms with Gasteiger partial charge in [-0.15, -0.1) is 0 Å². The lowest BCUT2D eigenvalue weighted by molar-refractivity contribution is 0.174. The van der Waals surface area contributed by atoms with Crippen LogP contribution in [0.5, 0.6) is 11.5 Å². The fourth-order valence-corrected chi connectivity index (χ4v) is 3.06. The Morgan fingerprint density at radius 3 is 2.57 bits per heavy atom. The minimum atomic E-state index is 0.296. The number of aromatic nitrogens is 1. The van der Waals surface area contributed by atoms with Gasteiger partial charge in [0.2, 0.25) is 6.79 Å².